The van der Waals surface area contributed by atoms with Crippen LogP contribution in [0.1, 0.15) is 233 Å². The molecule has 0 aliphatic heterocycles. The Hall–Kier alpha value is -1.67. The third kappa shape index (κ3) is 39.6. The van der Waals surface area contributed by atoms with Crippen LogP contribution >= 0.6 is 0 Å². The zero-order valence-electron chi connectivity index (χ0n) is 38.7. The lowest BCUT2D eigenvalue weighted by atomic mass is 9.92. The Labute approximate surface area is 353 Å². The van der Waals surface area contributed by atoms with Crippen LogP contribution in [0.2, 0.25) is 0 Å². The van der Waals surface area contributed by atoms with Crippen LogP contribution in [-0.4, -0.2) is 76.0 Å². The van der Waals surface area contributed by atoms with Gasteiger partial charge in [0.05, 0.1) is 19.8 Å². The summed E-state index contributed by atoms with van der Waals surface area (Å²) in [5.41, 5.74) is 0. The number of unbranched alkanes of at least 4 members (excludes halogenated alkanes) is 16. The molecule has 0 amide bonds. The van der Waals surface area contributed by atoms with Gasteiger partial charge < -0.3 is 23.8 Å². The Kier molecular flexibility index (Phi) is 41.2. The summed E-state index contributed by atoms with van der Waals surface area (Å²) in [6, 6.07) is 0. The molecule has 0 fully saturated rings. The summed E-state index contributed by atoms with van der Waals surface area (Å²) >= 11 is 0. The average molecular weight is 810 g/mol. The number of carbonyl (C=O) groups is 3. The van der Waals surface area contributed by atoms with Crippen LogP contribution in [-0.2, 0) is 33.3 Å². The third-order valence-corrected chi connectivity index (χ3v) is 11.5. The Morgan fingerprint density at radius 2 is 0.789 bits per heavy atom. The summed E-state index contributed by atoms with van der Waals surface area (Å²) < 4.78 is 22.7. The number of carbonyl (C=O) groups excluding carboxylic acids is 3. The topological polar surface area (TPSA) is 91.4 Å². The van der Waals surface area contributed by atoms with E-state index in [1.165, 1.54) is 103 Å². The minimum absolute atomic E-state index is 0.00667. The van der Waals surface area contributed by atoms with Gasteiger partial charge in [-0.25, -0.2) is 4.79 Å². The first-order valence-electron chi connectivity index (χ1n) is 24.5. The molecule has 0 aromatic rings. The largest absolute Gasteiger partial charge is 0.466 e. The molecule has 0 aromatic heterocycles. The van der Waals surface area contributed by atoms with Crippen molar-refractivity contribution in [1.82, 2.24) is 4.90 Å². The fourth-order valence-electron chi connectivity index (χ4n) is 7.65. The van der Waals surface area contributed by atoms with Crippen molar-refractivity contribution < 1.29 is 33.3 Å². The minimum atomic E-state index is -0.280. The van der Waals surface area contributed by atoms with E-state index in [4.69, 9.17) is 18.9 Å². The van der Waals surface area contributed by atoms with Crippen LogP contribution in [0, 0.1) is 11.8 Å². The van der Waals surface area contributed by atoms with Crippen molar-refractivity contribution in [2.75, 3.05) is 47.1 Å². The van der Waals surface area contributed by atoms with E-state index in [1.54, 1.807) is 0 Å². The predicted molar refractivity (Wildman–Crippen MR) is 239 cm³/mol. The molecular formula is C49H95NO7. The smallest absolute Gasteiger partial charge is 0.332 e. The number of rotatable bonds is 44. The molecule has 57 heavy (non-hydrogen) atoms. The Bertz CT molecular complexity index is 821. The average Bonchev–Trinajstić information content (AvgIpc) is 3.18. The molecule has 0 aliphatic carbocycles. The van der Waals surface area contributed by atoms with E-state index in [0.717, 1.165) is 96.4 Å². The molecular weight excluding hydrogens is 715 g/mol. The van der Waals surface area contributed by atoms with Gasteiger partial charge in [-0.1, -0.05) is 169 Å². The maximum atomic E-state index is 12.6. The molecule has 0 saturated heterocycles. The summed E-state index contributed by atoms with van der Waals surface area (Å²) in [5, 5.41) is 0. The first-order chi connectivity index (χ1) is 27.7. The van der Waals surface area contributed by atoms with Gasteiger partial charge in [0.2, 0.25) is 0 Å². The van der Waals surface area contributed by atoms with Crippen molar-refractivity contribution in [3.63, 3.8) is 0 Å². The number of likely N-dealkylation sites (N-methyl/N-ethyl adjacent to an activating group) is 1. The monoisotopic (exact) mass is 810 g/mol. The van der Waals surface area contributed by atoms with E-state index in [0.29, 0.717) is 44.5 Å². The van der Waals surface area contributed by atoms with Crippen LogP contribution < -0.4 is 0 Å². The zero-order chi connectivity index (χ0) is 42.0. The lowest BCUT2D eigenvalue weighted by molar-refractivity contribution is -0.155. The zero-order valence-corrected chi connectivity index (χ0v) is 38.7. The van der Waals surface area contributed by atoms with Gasteiger partial charge in [0, 0.05) is 19.4 Å². The Morgan fingerprint density at radius 3 is 1.18 bits per heavy atom. The van der Waals surface area contributed by atoms with Crippen molar-refractivity contribution in [2.24, 2.45) is 11.8 Å². The SMILES string of the molecule is CCCCCC(CCCCC)CCOC(=O)CCCCCCCC(CCCCCCCC(=O)OCCC(CCCCC)CCCCC)OC(=O)COCCN(C)C. The van der Waals surface area contributed by atoms with Gasteiger partial charge >= 0.3 is 17.9 Å². The predicted octanol–water partition coefficient (Wildman–Crippen LogP) is 13.4. The number of ether oxygens (including phenoxy) is 4. The Balaban J connectivity index is 4.39. The van der Waals surface area contributed by atoms with Gasteiger partial charge in [-0.15, -0.1) is 0 Å². The second-order valence-corrected chi connectivity index (χ2v) is 17.3. The van der Waals surface area contributed by atoms with Gasteiger partial charge in [0.15, 0.2) is 0 Å². The van der Waals surface area contributed by atoms with E-state index in [2.05, 4.69) is 27.7 Å². The fourth-order valence-corrected chi connectivity index (χ4v) is 7.65. The van der Waals surface area contributed by atoms with E-state index in [9.17, 15) is 14.4 Å². The normalized spacial score (nSPS) is 11.7. The molecule has 0 bridgehead atoms. The number of nitrogens with zero attached hydrogens (tertiary/aromatic N) is 1. The number of hydrogen-bond donors (Lipinski definition) is 0. The van der Waals surface area contributed by atoms with Gasteiger partial charge in [-0.3, -0.25) is 9.59 Å². The van der Waals surface area contributed by atoms with E-state index in [1.807, 2.05) is 19.0 Å². The second-order valence-electron chi connectivity index (χ2n) is 17.3. The van der Waals surface area contributed by atoms with Crippen molar-refractivity contribution in [3.05, 3.63) is 0 Å². The standard InChI is InChI=1S/C49H95NO7/c1-7-11-21-29-44(30-22-12-8-2)37-40-55-47(51)35-27-19-15-17-25-33-46(57-49(53)43-54-42-39-50(5)6)34-26-18-16-20-28-36-48(52)56-41-38-45(31-23-13-9-3)32-24-14-10-4/h44-46H,7-43H2,1-6H3. The number of hydrogen-bond acceptors (Lipinski definition) is 8. The number of esters is 3. The molecule has 0 heterocycles. The maximum Gasteiger partial charge on any atom is 0.332 e. The van der Waals surface area contributed by atoms with Crippen molar-refractivity contribution in [1.29, 1.82) is 0 Å². The van der Waals surface area contributed by atoms with Gasteiger partial charge in [-0.05, 0) is 77.3 Å². The summed E-state index contributed by atoms with van der Waals surface area (Å²) in [5.74, 6) is 0.988. The van der Waals surface area contributed by atoms with Crippen LogP contribution in [0.4, 0.5) is 0 Å². The molecule has 8 heteroatoms. The van der Waals surface area contributed by atoms with Crippen LogP contribution in [0.25, 0.3) is 0 Å². The van der Waals surface area contributed by atoms with Gasteiger partial charge in [-0.2, -0.15) is 0 Å². The van der Waals surface area contributed by atoms with Crippen LogP contribution in [0.3, 0.4) is 0 Å². The lowest BCUT2D eigenvalue weighted by Gasteiger charge is -2.18. The summed E-state index contributed by atoms with van der Waals surface area (Å²) in [6.07, 6.45) is 35.0. The summed E-state index contributed by atoms with van der Waals surface area (Å²) in [6.45, 7) is 11.4. The second kappa shape index (κ2) is 42.5. The molecule has 0 aromatic carbocycles. The van der Waals surface area contributed by atoms with Gasteiger partial charge in [0.25, 0.3) is 0 Å². The first-order valence-corrected chi connectivity index (χ1v) is 24.5. The quantitative estimate of drug-likeness (QED) is 0.0341. The highest BCUT2D eigenvalue weighted by molar-refractivity contribution is 5.71. The van der Waals surface area contributed by atoms with E-state index in [-0.39, 0.29) is 30.6 Å². The van der Waals surface area contributed by atoms with Crippen LogP contribution in [0.5, 0.6) is 0 Å². The maximum absolute atomic E-state index is 12.6. The summed E-state index contributed by atoms with van der Waals surface area (Å²) in [4.78, 5) is 39.4. The highest BCUT2D eigenvalue weighted by atomic mass is 16.6. The molecule has 0 N–H and O–H groups in total. The van der Waals surface area contributed by atoms with Gasteiger partial charge in [0.1, 0.15) is 12.7 Å². The highest BCUT2D eigenvalue weighted by Gasteiger charge is 2.16. The molecule has 0 saturated carbocycles. The molecule has 8 nitrogen and oxygen atoms in total. The van der Waals surface area contributed by atoms with E-state index < -0.39 is 0 Å². The third-order valence-electron chi connectivity index (χ3n) is 11.5. The molecule has 338 valence electrons. The van der Waals surface area contributed by atoms with Crippen LogP contribution in [0.15, 0.2) is 0 Å². The molecule has 0 unspecified atom stereocenters. The van der Waals surface area contributed by atoms with Crippen molar-refractivity contribution in [2.45, 2.75) is 239 Å². The Morgan fingerprint density at radius 1 is 0.421 bits per heavy atom. The van der Waals surface area contributed by atoms with E-state index >= 15 is 0 Å². The molecule has 0 aliphatic rings. The van der Waals surface area contributed by atoms with Crippen molar-refractivity contribution >= 4 is 17.9 Å². The molecule has 0 atom stereocenters. The van der Waals surface area contributed by atoms with Crippen molar-refractivity contribution in [3.8, 4) is 0 Å². The minimum Gasteiger partial charge on any atom is -0.466 e. The highest BCUT2D eigenvalue weighted by Crippen LogP contribution is 2.23. The fraction of sp³-hybridized carbons (Fsp3) is 0.939. The first kappa shape index (κ1) is 55.3. The molecule has 0 radical (unpaired) electrons. The summed E-state index contributed by atoms with van der Waals surface area (Å²) in [7, 11) is 3.97. The lowest BCUT2D eigenvalue weighted by Crippen LogP contribution is -2.24. The molecule has 0 rings (SSSR count). The molecule has 0 spiro atoms.